The van der Waals surface area contributed by atoms with Crippen molar-refractivity contribution in [2.75, 3.05) is 18.9 Å². The highest BCUT2D eigenvalue weighted by atomic mass is 16.5. The first-order valence-electron chi connectivity index (χ1n) is 7.71. The molecule has 0 bridgehead atoms. The zero-order valence-corrected chi connectivity index (χ0v) is 12.6. The molecule has 1 aliphatic rings. The summed E-state index contributed by atoms with van der Waals surface area (Å²) in [6.45, 7) is 1.43. The SMILES string of the molecule is Nc1ccc2c(c1)oc(=O)c1cc(OC3CCOCC3)ccc12. The second kappa shape index (κ2) is 5.59. The zero-order valence-electron chi connectivity index (χ0n) is 12.6. The van der Waals surface area contributed by atoms with Crippen molar-refractivity contribution in [3.05, 3.63) is 46.8 Å². The average Bonchev–Trinajstić information content (AvgIpc) is 2.56. The fraction of sp³-hybridized carbons (Fsp3) is 0.278. The number of nitrogens with two attached hydrogens (primary N) is 1. The molecule has 0 aliphatic carbocycles. The Hall–Kier alpha value is -2.53. The Morgan fingerprint density at radius 3 is 2.61 bits per heavy atom. The number of hydrogen-bond donors (Lipinski definition) is 1. The van der Waals surface area contributed by atoms with Gasteiger partial charge in [0.15, 0.2) is 0 Å². The van der Waals surface area contributed by atoms with E-state index in [4.69, 9.17) is 19.6 Å². The second-order valence-corrected chi connectivity index (χ2v) is 5.78. The highest BCUT2D eigenvalue weighted by molar-refractivity contribution is 6.05. The molecule has 4 rings (SSSR count). The first-order valence-corrected chi connectivity index (χ1v) is 7.71. The van der Waals surface area contributed by atoms with Crippen molar-refractivity contribution < 1.29 is 13.9 Å². The van der Waals surface area contributed by atoms with E-state index >= 15 is 0 Å². The Morgan fingerprint density at radius 1 is 1.00 bits per heavy atom. The highest BCUT2D eigenvalue weighted by Crippen LogP contribution is 2.28. The van der Waals surface area contributed by atoms with Crippen LogP contribution in [0.5, 0.6) is 5.75 Å². The standard InChI is InChI=1S/C18H17NO4/c19-11-1-3-15-14-4-2-13(22-12-5-7-21-8-6-12)10-16(14)18(20)23-17(15)9-11/h1-4,9-10,12H,5-8,19H2. The summed E-state index contributed by atoms with van der Waals surface area (Å²) in [5, 5.41) is 2.23. The Morgan fingerprint density at radius 2 is 1.78 bits per heavy atom. The van der Waals surface area contributed by atoms with Crippen LogP contribution in [0, 0.1) is 0 Å². The number of hydrogen-bond acceptors (Lipinski definition) is 5. The molecule has 0 atom stereocenters. The predicted molar refractivity (Wildman–Crippen MR) is 88.9 cm³/mol. The van der Waals surface area contributed by atoms with Gasteiger partial charge in [0.1, 0.15) is 17.4 Å². The summed E-state index contributed by atoms with van der Waals surface area (Å²) >= 11 is 0. The smallest absolute Gasteiger partial charge is 0.344 e. The number of rotatable bonds is 2. The Balaban J connectivity index is 1.79. The van der Waals surface area contributed by atoms with Crippen molar-refractivity contribution in [1.82, 2.24) is 0 Å². The lowest BCUT2D eigenvalue weighted by molar-refractivity contribution is 0.0256. The van der Waals surface area contributed by atoms with E-state index < -0.39 is 0 Å². The molecule has 0 spiro atoms. The van der Waals surface area contributed by atoms with Gasteiger partial charge in [-0.1, -0.05) is 0 Å². The normalized spacial score (nSPS) is 16.0. The third-order valence-corrected chi connectivity index (χ3v) is 4.18. The summed E-state index contributed by atoms with van der Waals surface area (Å²) in [5.41, 5.74) is 6.44. The molecule has 1 aromatic heterocycles. The lowest BCUT2D eigenvalue weighted by Crippen LogP contribution is -2.25. The molecule has 0 unspecified atom stereocenters. The molecule has 118 valence electrons. The number of benzene rings is 2. The number of anilines is 1. The maximum Gasteiger partial charge on any atom is 0.344 e. The summed E-state index contributed by atoms with van der Waals surface area (Å²) in [4.78, 5) is 12.3. The quantitative estimate of drug-likeness (QED) is 0.447. The molecular weight excluding hydrogens is 294 g/mol. The molecule has 2 heterocycles. The van der Waals surface area contributed by atoms with Crippen LogP contribution in [0.4, 0.5) is 5.69 Å². The topological polar surface area (TPSA) is 74.7 Å². The summed E-state index contributed by atoms with van der Waals surface area (Å²) in [6, 6.07) is 10.9. The van der Waals surface area contributed by atoms with Gasteiger partial charge in [0.2, 0.25) is 0 Å². The third-order valence-electron chi connectivity index (χ3n) is 4.18. The molecule has 0 saturated carbocycles. The molecule has 1 saturated heterocycles. The van der Waals surface area contributed by atoms with Crippen molar-refractivity contribution in [2.24, 2.45) is 0 Å². The van der Waals surface area contributed by atoms with Crippen molar-refractivity contribution in [1.29, 1.82) is 0 Å². The zero-order chi connectivity index (χ0) is 15.8. The van der Waals surface area contributed by atoms with Crippen LogP contribution < -0.4 is 16.1 Å². The Labute approximate surface area is 132 Å². The van der Waals surface area contributed by atoms with E-state index in [-0.39, 0.29) is 11.7 Å². The first kappa shape index (κ1) is 14.1. The van der Waals surface area contributed by atoms with E-state index in [1.165, 1.54) is 0 Å². The molecule has 0 amide bonds. The predicted octanol–water partition coefficient (Wildman–Crippen LogP) is 3.09. The van der Waals surface area contributed by atoms with Crippen molar-refractivity contribution >= 4 is 27.4 Å². The molecule has 5 heteroatoms. The minimum Gasteiger partial charge on any atom is -0.490 e. The maximum absolute atomic E-state index is 12.3. The van der Waals surface area contributed by atoms with Crippen molar-refractivity contribution in [2.45, 2.75) is 18.9 Å². The van der Waals surface area contributed by atoms with Crippen LogP contribution in [0.15, 0.2) is 45.6 Å². The van der Waals surface area contributed by atoms with Gasteiger partial charge >= 0.3 is 5.63 Å². The fourth-order valence-corrected chi connectivity index (χ4v) is 2.99. The molecule has 2 N–H and O–H groups in total. The summed E-state index contributed by atoms with van der Waals surface area (Å²) in [5.74, 6) is 0.687. The van der Waals surface area contributed by atoms with Gasteiger partial charge in [-0.3, -0.25) is 0 Å². The van der Waals surface area contributed by atoms with Gasteiger partial charge in [-0.15, -0.1) is 0 Å². The minimum atomic E-state index is -0.379. The van der Waals surface area contributed by atoms with E-state index in [2.05, 4.69) is 0 Å². The van der Waals surface area contributed by atoms with Gasteiger partial charge in [-0.2, -0.15) is 0 Å². The number of nitrogen functional groups attached to an aromatic ring is 1. The van der Waals surface area contributed by atoms with Crippen LogP contribution in [-0.2, 0) is 4.74 Å². The van der Waals surface area contributed by atoms with Gasteiger partial charge in [-0.05, 0) is 30.3 Å². The van der Waals surface area contributed by atoms with E-state index in [9.17, 15) is 4.79 Å². The van der Waals surface area contributed by atoms with Crippen LogP contribution in [0.2, 0.25) is 0 Å². The molecular formula is C18H17NO4. The molecule has 23 heavy (non-hydrogen) atoms. The average molecular weight is 311 g/mol. The van der Waals surface area contributed by atoms with Gasteiger partial charge in [-0.25, -0.2) is 4.79 Å². The van der Waals surface area contributed by atoms with Crippen LogP contribution in [0.1, 0.15) is 12.8 Å². The van der Waals surface area contributed by atoms with Crippen LogP contribution in [-0.4, -0.2) is 19.3 Å². The first-order chi connectivity index (χ1) is 11.2. The summed E-state index contributed by atoms with van der Waals surface area (Å²) in [7, 11) is 0. The molecule has 1 fully saturated rings. The highest BCUT2D eigenvalue weighted by Gasteiger charge is 2.16. The monoisotopic (exact) mass is 311 g/mol. The Kier molecular flexibility index (Phi) is 3.42. The van der Waals surface area contributed by atoms with Crippen molar-refractivity contribution in [3.63, 3.8) is 0 Å². The van der Waals surface area contributed by atoms with Crippen LogP contribution in [0.3, 0.4) is 0 Å². The van der Waals surface area contributed by atoms with Gasteiger partial charge in [0.05, 0.1) is 18.6 Å². The molecule has 3 aromatic rings. The maximum atomic E-state index is 12.3. The van der Waals surface area contributed by atoms with E-state index in [1.54, 1.807) is 18.2 Å². The number of ether oxygens (including phenoxy) is 2. The second-order valence-electron chi connectivity index (χ2n) is 5.78. The number of fused-ring (bicyclic) bond motifs is 3. The lowest BCUT2D eigenvalue weighted by atomic mass is 10.1. The van der Waals surface area contributed by atoms with Gasteiger partial charge in [0, 0.05) is 35.4 Å². The summed E-state index contributed by atoms with van der Waals surface area (Å²) in [6.07, 6.45) is 1.86. The molecule has 5 nitrogen and oxygen atoms in total. The van der Waals surface area contributed by atoms with Crippen LogP contribution >= 0.6 is 0 Å². The third kappa shape index (κ3) is 2.64. The van der Waals surface area contributed by atoms with Gasteiger partial charge in [0.25, 0.3) is 0 Å². The minimum absolute atomic E-state index is 0.133. The molecule has 2 aromatic carbocycles. The van der Waals surface area contributed by atoms with E-state index in [0.29, 0.717) is 35.6 Å². The van der Waals surface area contributed by atoms with E-state index in [0.717, 1.165) is 23.6 Å². The summed E-state index contributed by atoms with van der Waals surface area (Å²) < 4.78 is 16.7. The molecule has 0 radical (unpaired) electrons. The molecule has 1 aliphatic heterocycles. The largest absolute Gasteiger partial charge is 0.490 e. The van der Waals surface area contributed by atoms with E-state index in [1.807, 2.05) is 18.2 Å². The van der Waals surface area contributed by atoms with Crippen LogP contribution in [0.25, 0.3) is 21.7 Å². The lowest BCUT2D eigenvalue weighted by Gasteiger charge is -2.23. The Bertz CT molecular complexity index is 925. The van der Waals surface area contributed by atoms with Gasteiger partial charge < -0.3 is 19.6 Å². The fourth-order valence-electron chi connectivity index (χ4n) is 2.99. The van der Waals surface area contributed by atoms with Crippen molar-refractivity contribution in [3.8, 4) is 5.75 Å².